The second kappa shape index (κ2) is 6.84. The molecular formula is C11H15ClN2S. The topological polar surface area (TPSA) is 35.8 Å². The van der Waals surface area contributed by atoms with E-state index in [2.05, 4.69) is 17.5 Å². The van der Waals surface area contributed by atoms with Crippen molar-refractivity contribution in [2.45, 2.75) is 19.8 Å². The minimum Gasteiger partial charge on any atom is -0.315 e. The lowest BCUT2D eigenvalue weighted by atomic mass is 10.1. The van der Waals surface area contributed by atoms with E-state index in [0.29, 0.717) is 0 Å². The van der Waals surface area contributed by atoms with Crippen LogP contribution in [0, 0.1) is 17.2 Å². The van der Waals surface area contributed by atoms with Gasteiger partial charge >= 0.3 is 0 Å². The normalized spacial score (nSPS) is 12.3. The van der Waals surface area contributed by atoms with Crippen LogP contribution in [0.25, 0.3) is 0 Å². The molecule has 0 aliphatic carbocycles. The summed E-state index contributed by atoms with van der Waals surface area (Å²) < 4.78 is 0.841. The molecule has 0 spiro atoms. The summed E-state index contributed by atoms with van der Waals surface area (Å²) in [4.78, 5) is 1.29. The van der Waals surface area contributed by atoms with Crippen LogP contribution >= 0.6 is 22.9 Å². The van der Waals surface area contributed by atoms with Gasteiger partial charge in [0.2, 0.25) is 0 Å². The van der Waals surface area contributed by atoms with E-state index in [-0.39, 0.29) is 5.92 Å². The van der Waals surface area contributed by atoms with Crippen molar-refractivity contribution >= 4 is 22.9 Å². The van der Waals surface area contributed by atoms with Crippen molar-refractivity contribution in [3.63, 3.8) is 0 Å². The van der Waals surface area contributed by atoms with Crippen LogP contribution in [0.2, 0.25) is 4.34 Å². The lowest BCUT2D eigenvalue weighted by Gasteiger charge is -2.06. The predicted molar refractivity (Wildman–Crippen MR) is 65.3 cm³/mol. The second-order valence-electron chi connectivity index (χ2n) is 3.39. The van der Waals surface area contributed by atoms with Crippen molar-refractivity contribution in [3.8, 4) is 6.07 Å². The fourth-order valence-electron chi connectivity index (χ4n) is 1.26. The van der Waals surface area contributed by atoms with Gasteiger partial charge in [-0.2, -0.15) is 5.26 Å². The molecule has 1 aromatic heterocycles. The molecule has 1 heterocycles. The van der Waals surface area contributed by atoms with Crippen LogP contribution < -0.4 is 5.32 Å². The fraction of sp³-hybridized carbons (Fsp3) is 0.545. The summed E-state index contributed by atoms with van der Waals surface area (Å²) in [6, 6.07) is 6.25. The first kappa shape index (κ1) is 12.5. The third kappa shape index (κ3) is 4.65. The van der Waals surface area contributed by atoms with Crippen molar-refractivity contribution in [3.05, 3.63) is 21.3 Å². The summed E-state index contributed by atoms with van der Waals surface area (Å²) in [7, 11) is 0. The van der Waals surface area contributed by atoms with Gasteiger partial charge in [-0.15, -0.1) is 11.3 Å². The Morgan fingerprint density at radius 2 is 2.40 bits per heavy atom. The molecule has 0 aliphatic rings. The molecule has 0 amide bonds. The lowest BCUT2D eigenvalue weighted by molar-refractivity contribution is 0.556. The summed E-state index contributed by atoms with van der Waals surface area (Å²) in [5, 5.41) is 12.0. The molecule has 15 heavy (non-hydrogen) atoms. The van der Waals surface area contributed by atoms with Crippen LogP contribution in [0.4, 0.5) is 0 Å². The van der Waals surface area contributed by atoms with Crippen molar-refractivity contribution in [1.29, 1.82) is 5.26 Å². The van der Waals surface area contributed by atoms with Crippen LogP contribution in [-0.2, 0) is 6.42 Å². The first-order valence-corrected chi connectivity index (χ1v) is 6.30. The van der Waals surface area contributed by atoms with Gasteiger partial charge in [-0.1, -0.05) is 18.5 Å². The molecule has 0 bridgehead atoms. The van der Waals surface area contributed by atoms with Gasteiger partial charge in [-0.25, -0.2) is 0 Å². The average Bonchev–Trinajstić information content (AvgIpc) is 2.65. The van der Waals surface area contributed by atoms with Crippen molar-refractivity contribution in [1.82, 2.24) is 5.32 Å². The molecule has 0 radical (unpaired) electrons. The largest absolute Gasteiger partial charge is 0.315 e. The number of hydrogen-bond acceptors (Lipinski definition) is 3. The van der Waals surface area contributed by atoms with Crippen molar-refractivity contribution in [2.24, 2.45) is 5.92 Å². The van der Waals surface area contributed by atoms with Crippen LogP contribution in [0.15, 0.2) is 12.1 Å². The summed E-state index contributed by atoms with van der Waals surface area (Å²) in [6.45, 7) is 3.73. The van der Waals surface area contributed by atoms with Gasteiger partial charge in [-0.05, 0) is 25.0 Å². The van der Waals surface area contributed by atoms with E-state index in [1.807, 2.05) is 13.0 Å². The Morgan fingerprint density at radius 1 is 1.60 bits per heavy atom. The summed E-state index contributed by atoms with van der Waals surface area (Å²) in [5.74, 6) is 0.136. The number of thiophene rings is 1. The highest BCUT2D eigenvalue weighted by Gasteiger charge is 2.03. The molecule has 0 saturated carbocycles. The highest BCUT2D eigenvalue weighted by atomic mass is 35.5. The number of nitrogens with zero attached hydrogens (tertiary/aromatic N) is 1. The van der Waals surface area contributed by atoms with E-state index < -0.39 is 0 Å². The van der Waals surface area contributed by atoms with Crippen molar-refractivity contribution < 1.29 is 0 Å². The maximum atomic E-state index is 8.74. The Bertz CT molecular complexity index is 330. The summed E-state index contributed by atoms with van der Waals surface area (Å²) in [6.07, 6.45) is 1.90. The molecule has 4 heteroatoms. The van der Waals surface area contributed by atoms with E-state index in [9.17, 15) is 0 Å². The summed E-state index contributed by atoms with van der Waals surface area (Å²) in [5.41, 5.74) is 0. The number of rotatable bonds is 6. The third-order valence-corrected chi connectivity index (χ3v) is 3.53. The predicted octanol–water partition coefficient (Wildman–Crippen LogP) is 3.08. The monoisotopic (exact) mass is 242 g/mol. The SMILES string of the molecule is CCC(C#N)CNCCc1ccc(Cl)s1. The Hall–Kier alpha value is -0.560. The molecule has 1 aromatic rings. The highest BCUT2D eigenvalue weighted by Crippen LogP contribution is 2.21. The third-order valence-electron chi connectivity index (χ3n) is 2.24. The van der Waals surface area contributed by atoms with E-state index in [1.165, 1.54) is 4.88 Å². The molecule has 0 fully saturated rings. The van der Waals surface area contributed by atoms with E-state index in [4.69, 9.17) is 16.9 Å². The van der Waals surface area contributed by atoms with Crippen LogP contribution in [-0.4, -0.2) is 13.1 Å². The Morgan fingerprint density at radius 3 is 2.93 bits per heavy atom. The number of nitriles is 1. The van der Waals surface area contributed by atoms with Crippen LogP contribution in [0.1, 0.15) is 18.2 Å². The maximum absolute atomic E-state index is 8.74. The van der Waals surface area contributed by atoms with Gasteiger partial charge in [0.1, 0.15) is 0 Å². The molecule has 1 atom stereocenters. The molecule has 1 N–H and O–H groups in total. The molecule has 0 aromatic carbocycles. The van der Waals surface area contributed by atoms with Gasteiger partial charge in [0.05, 0.1) is 16.3 Å². The number of hydrogen-bond donors (Lipinski definition) is 1. The maximum Gasteiger partial charge on any atom is 0.0931 e. The molecule has 0 aliphatic heterocycles. The van der Waals surface area contributed by atoms with Gasteiger partial charge in [0.25, 0.3) is 0 Å². The first-order chi connectivity index (χ1) is 7.26. The molecule has 1 unspecified atom stereocenters. The zero-order chi connectivity index (χ0) is 11.1. The minimum absolute atomic E-state index is 0.136. The Balaban J connectivity index is 2.15. The average molecular weight is 243 g/mol. The van der Waals surface area contributed by atoms with E-state index in [1.54, 1.807) is 11.3 Å². The van der Waals surface area contributed by atoms with E-state index >= 15 is 0 Å². The lowest BCUT2D eigenvalue weighted by Crippen LogP contribution is -2.23. The van der Waals surface area contributed by atoms with Crippen LogP contribution in [0.5, 0.6) is 0 Å². The minimum atomic E-state index is 0.136. The molecule has 82 valence electrons. The zero-order valence-electron chi connectivity index (χ0n) is 8.79. The Kier molecular flexibility index (Phi) is 5.70. The molecule has 0 saturated heterocycles. The van der Waals surface area contributed by atoms with Gasteiger partial charge in [-0.3, -0.25) is 0 Å². The number of nitrogens with one attached hydrogen (secondary N) is 1. The van der Waals surface area contributed by atoms with Gasteiger partial charge in [0, 0.05) is 18.0 Å². The fourth-order valence-corrected chi connectivity index (χ4v) is 2.34. The van der Waals surface area contributed by atoms with E-state index in [0.717, 1.165) is 30.3 Å². The quantitative estimate of drug-likeness (QED) is 0.779. The first-order valence-electron chi connectivity index (χ1n) is 5.10. The van der Waals surface area contributed by atoms with Gasteiger partial charge in [0.15, 0.2) is 0 Å². The zero-order valence-corrected chi connectivity index (χ0v) is 10.4. The summed E-state index contributed by atoms with van der Waals surface area (Å²) >= 11 is 7.44. The highest BCUT2D eigenvalue weighted by molar-refractivity contribution is 7.16. The standard InChI is InChI=1S/C11H15ClN2S/c1-2-9(7-13)8-14-6-5-10-3-4-11(12)15-10/h3-4,9,14H,2,5-6,8H2,1H3. The van der Waals surface area contributed by atoms with Crippen molar-refractivity contribution in [2.75, 3.05) is 13.1 Å². The molecule has 2 nitrogen and oxygen atoms in total. The number of halogens is 1. The Labute approximate surface area is 99.9 Å². The molecular weight excluding hydrogens is 228 g/mol. The van der Waals surface area contributed by atoms with Gasteiger partial charge < -0.3 is 5.32 Å². The van der Waals surface area contributed by atoms with Crippen LogP contribution in [0.3, 0.4) is 0 Å². The molecule has 1 rings (SSSR count). The second-order valence-corrected chi connectivity index (χ2v) is 5.19. The smallest absolute Gasteiger partial charge is 0.0931 e.